The summed E-state index contributed by atoms with van der Waals surface area (Å²) in [5, 5.41) is 10.6. The zero-order valence-corrected chi connectivity index (χ0v) is 39.5. The van der Waals surface area contributed by atoms with Crippen LogP contribution in [0.25, 0.3) is 0 Å². The quantitative estimate of drug-likeness (QED) is 0.0347. The maximum Gasteiger partial charge on any atom is 0.306 e. The summed E-state index contributed by atoms with van der Waals surface area (Å²) in [4.78, 5) is 75.3. The molecule has 0 saturated heterocycles. The van der Waals surface area contributed by atoms with Crippen LogP contribution in [0.1, 0.15) is 233 Å². The van der Waals surface area contributed by atoms with Gasteiger partial charge < -0.3 is 33.5 Å². The SMILES string of the molecule is CCCCCCCCC(=O)OCC(COC(=O)CCCCCCCC)OC(=O)CCC(O)CCC(=O)OC(COC(=O)CCCCCCCC)COC(=O)CCCCCCCC. The lowest BCUT2D eigenvalue weighted by atomic mass is 10.1. The topological polar surface area (TPSA) is 178 Å². The van der Waals surface area contributed by atoms with E-state index in [9.17, 15) is 33.9 Å². The summed E-state index contributed by atoms with van der Waals surface area (Å²) in [5.74, 6) is -3.02. The van der Waals surface area contributed by atoms with Gasteiger partial charge in [-0.2, -0.15) is 0 Å². The van der Waals surface area contributed by atoms with Gasteiger partial charge in [0, 0.05) is 38.5 Å². The molecule has 0 saturated carbocycles. The predicted octanol–water partition coefficient (Wildman–Crippen LogP) is 10.9. The Labute approximate surface area is 375 Å². The van der Waals surface area contributed by atoms with Crippen LogP contribution in [0.2, 0.25) is 0 Å². The van der Waals surface area contributed by atoms with Gasteiger partial charge in [-0.15, -0.1) is 0 Å². The summed E-state index contributed by atoms with van der Waals surface area (Å²) < 4.78 is 32.6. The van der Waals surface area contributed by atoms with Crippen LogP contribution in [0, 0.1) is 0 Å². The molecule has 0 aliphatic carbocycles. The molecule has 0 fully saturated rings. The second-order valence-corrected chi connectivity index (χ2v) is 16.8. The van der Waals surface area contributed by atoms with Gasteiger partial charge >= 0.3 is 35.8 Å². The van der Waals surface area contributed by atoms with Crippen LogP contribution in [-0.4, -0.2) is 85.7 Å². The van der Waals surface area contributed by atoms with Crippen molar-refractivity contribution in [3.8, 4) is 0 Å². The van der Waals surface area contributed by atoms with Crippen LogP contribution < -0.4 is 0 Å². The number of aliphatic hydroxyl groups excluding tert-OH is 1. The molecule has 0 aromatic rings. The van der Waals surface area contributed by atoms with Gasteiger partial charge in [-0.25, -0.2) is 0 Å². The van der Waals surface area contributed by atoms with Gasteiger partial charge in [0.1, 0.15) is 26.4 Å². The maximum atomic E-state index is 12.8. The van der Waals surface area contributed by atoms with Gasteiger partial charge in [-0.1, -0.05) is 156 Å². The molecule has 1 N–H and O–H groups in total. The first-order valence-corrected chi connectivity index (χ1v) is 24.7. The molecule has 0 aliphatic heterocycles. The van der Waals surface area contributed by atoms with E-state index in [1.165, 1.54) is 0 Å². The number of hydrogen-bond donors (Lipinski definition) is 1. The highest BCUT2D eigenvalue weighted by molar-refractivity contribution is 5.72. The van der Waals surface area contributed by atoms with Crippen molar-refractivity contribution in [3.63, 3.8) is 0 Å². The summed E-state index contributed by atoms with van der Waals surface area (Å²) >= 11 is 0. The number of unbranched alkanes of at least 4 members (excludes halogenated alkanes) is 20. The van der Waals surface area contributed by atoms with Crippen LogP contribution >= 0.6 is 0 Å². The number of esters is 6. The molecule has 0 unspecified atom stereocenters. The van der Waals surface area contributed by atoms with Crippen LogP contribution in [-0.2, 0) is 57.2 Å². The molecule has 0 spiro atoms. The highest BCUT2D eigenvalue weighted by atomic mass is 16.6. The largest absolute Gasteiger partial charge is 0.462 e. The van der Waals surface area contributed by atoms with Gasteiger partial charge in [0.05, 0.1) is 6.10 Å². The normalized spacial score (nSPS) is 11.2. The van der Waals surface area contributed by atoms with E-state index in [1.807, 2.05) is 0 Å². The first kappa shape index (κ1) is 58.8. The van der Waals surface area contributed by atoms with E-state index >= 15 is 0 Å². The number of ether oxygens (including phenoxy) is 6. The minimum absolute atomic E-state index is 0.0238. The molecule has 62 heavy (non-hydrogen) atoms. The molecule has 0 amide bonds. The summed E-state index contributed by atoms with van der Waals surface area (Å²) in [5.41, 5.74) is 0. The zero-order chi connectivity index (χ0) is 45.9. The summed E-state index contributed by atoms with van der Waals surface area (Å²) in [7, 11) is 0. The summed E-state index contributed by atoms with van der Waals surface area (Å²) in [6.07, 6.45) is 21.9. The molecule has 13 heteroatoms. The molecule has 0 radical (unpaired) electrons. The Bertz CT molecular complexity index is 993. The van der Waals surface area contributed by atoms with Crippen LogP contribution in [0.5, 0.6) is 0 Å². The smallest absolute Gasteiger partial charge is 0.306 e. The van der Waals surface area contributed by atoms with Gasteiger partial charge in [0.15, 0.2) is 12.2 Å². The monoisotopic (exact) mass is 885 g/mol. The Kier molecular flexibility index (Phi) is 40.8. The highest BCUT2D eigenvalue weighted by Gasteiger charge is 2.23. The van der Waals surface area contributed by atoms with E-state index in [4.69, 9.17) is 28.4 Å². The fourth-order valence-corrected chi connectivity index (χ4v) is 6.67. The molecule has 0 aromatic carbocycles. The molecule has 0 rings (SSSR count). The fraction of sp³-hybridized carbons (Fsp3) is 0.878. The van der Waals surface area contributed by atoms with E-state index < -0.39 is 54.1 Å². The zero-order valence-electron chi connectivity index (χ0n) is 39.5. The van der Waals surface area contributed by atoms with E-state index in [0.717, 1.165) is 128 Å². The summed E-state index contributed by atoms with van der Waals surface area (Å²) in [6.45, 7) is 7.54. The minimum Gasteiger partial charge on any atom is -0.462 e. The van der Waals surface area contributed by atoms with E-state index in [2.05, 4.69) is 27.7 Å². The van der Waals surface area contributed by atoms with Crippen molar-refractivity contribution in [1.82, 2.24) is 0 Å². The Hall–Kier alpha value is -3.22. The third kappa shape index (κ3) is 39.6. The highest BCUT2D eigenvalue weighted by Crippen LogP contribution is 2.14. The van der Waals surface area contributed by atoms with Crippen molar-refractivity contribution in [2.24, 2.45) is 0 Å². The fourth-order valence-electron chi connectivity index (χ4n) is 6.67. The van der Waals surface area contributed by atoms with Crippen LogP contribution in [0.15, 0.2) is 0 Å². The Morgan fingerprint density at radius 2 is 0.548 bits per heavy atom. The van der Waals surface area contributed by atoms with Crippen molar-refractivity contribution >= 4 is 35.8 Å². The lowest BCUT2D eigenvalue weighted by molar-refractivity contribution is -0.167. The van der Waals surface area contributed by atoms with Crippen molar-refractivity contribution in [1.29, 1.82) is 0 Å². The number of carbonyl (C=O) groups excluding carboxylic acids is 6. The number of rotatable bonds is 44. The molecule has 0 atom stereocenters. The summed E-state index contributed by atoms with van der Waals surface area (Å²) in [6, 6.07) is 0. The lowest BCUT2D eigenvalue weighted by Crippen LogP contribution is -2.31. The molecule has 0 bridgehead atoms. The standard InChI is InChI=1S/C49H88O13/c1-5-9-13-17-21-25-29-44(51)57-37-42(38-58-45(52)30-26-22-18-14-10-6-2)61-48(55)35-33-41(50)34-36-49(56)62-43(39-59-46(53)31-27-23-19-15-11-7-3)40-60-47(54)32-28-24-20-16-12-8-4/h41-43,50H,5-40H2,1-4H3. The van der Waals surface area contributed by atoms with Crippen molar-refractivity contribution < 1.29 is 62.3 Å². The van der Waals surface area contributed by atoms with Gasteiger partial charge in [0.25, 0.3) is 0 Å². The van der Waals surface area contributed by atoms with Crippen molar-refractivity contribution in [2.75, 3.05) is 26.4 Å². The molecular weight excluding hydrogens is 797 g/mol. The molecule has 0 aliphatic rings. The second-order valence-electron chi connectivity index (χ2n) is 16.8. The average Bonchev–Trinajstić information content (AvgIpc) is 3.26. The Morgan fingerprint density at radius 3 is 0.790 bits per heavy atom. The van der Waals surface area contributed by atoms with Crippen LogP contribution in [0.4, 0.5) is 0 Å². The average molecular weight is 885 g/mol. The first-order valence-electron chi connectivity index (χ1n) is 24.7. The van der Waals surface area contributed by atoms with Crippen molar-refractivity contribution in [3.05, 3.63) is 0 Å². The molecule has 13 nitrogen and oxygen atoms in total. The maximum absolute atomic E-state index is 12.8. The number of hydrogen-bond acceptors (Lipinski definition) is 13. The molecule has 0 aromatic heterocycles. The number of carbonyl (C=O) groups is 6. The van der Waals surface area contributed by atoms with Gasteiger partial charge in [-0.3, -0.25) is 28.8 Å². The molecule has 362 valence electrons. The predicted molar refractivity (Wildman–Crippen MR) is 240 cm³/mol. The number of aliphatic hydroxyl groups is 1. The van der Waals surface area contributed by atoms with Crippen LogP contribution in [0.3, 0.4) is 0 Å². The lowest BCUT2D eigenvalue weighted by Gasteiger charge is -2.19. The first-order chi connectivity index (χ1) is 30.0. The Morgan fingerprint density at radius 1 is 0.323 bits per heavy atom. The molecular formula is C49H88O13. The van der Waals surface area contributed by atoms with E-state index in [-0.39, 0.29) is 77.8 Å². The van der Waals surface area contributed by atoms with E-state index in [1.54, 1.807) is 0 Å². The Balaban J connectivity index is 5.04. The van der Waals surface area contributed by atoms with Gasteiger partial charge in [-0.05, 0) is 38.5 Å². The third-order valence-electron chi connectivity index (χ3n) is 10.6. The van der Waals surface area contributed by atoms with Gasteiger partial charge in [0.2, 0.25) is 0 Å². The third-order valence-corrected chi connectivity index (χ3v) is 10.6. The molecule has 0 heterocycles. The minimum atomic E-state index is -1.05. The van der Waals surface area contributed by atoms with E-state index in [0.29, 0.717) is 25.7 Å². The van der Waals surface area contributed by atoms with Crippen molar-refractivity contribution in [2.45, 2.75) is 251 Å². The second kappa shape index (κ2) is 43.1.